The zero-order chi connectivity index (χ0) is 12.1. The van der Waals surface area contributed by atoms with Crippen molar-refractivity contribution in [3.05, 3.63) is 35.6 Å². The Morgan fingerprint density at radius 3 is 2.44 bits per heavy atom. The van der Waals surface area contributed by atoms with E-state index in [1.807, 2.05) is 0 Å². The Labute approximate surface area is 112 Å². The maximum Gasteiger partial charge on any atom is 0.151 e. The SMILES string of the molecule is Cl.O=C(Cc1ccc(F)cc1)CN1CCOCC1. The first kappa shape index (κ1) is 15.1. The number of benzene rings is 1. The molecule has 1 aromatic carbocycles. The fraction of sp³-hybridized carbons (Fsp3) is 0.462. The third-order valence-electron chi connectivity index (χ3n) is 2.82. The average Bonchev–Trinajstić information content (AvgIpc) is 2.33. The summed E-state index contributed by atoms with van der Waals surface area (Å²) in [5, 5.41) is 0. The first-order valence-electron chi connectivity index (χ1n) is 5.80. The highest BCUT2D eigenvalue weighted by Crippen LogP contribution is 2.05. The van der Waals surface area contributed by atoms with E-state index < -0.39 is 0 Å². The molecule has 0 aliphatic carbocycles. The lowest BCUT2D eigenvalue weighted by Crippen LogP contribution is -2.39. The van der Waals surface area contributed by atoms with E-state index in [4.69, 9.17) is 4.74 Å². The molecule has 1 fully saturated rings. The van der Waals surface area contributed by atoms with E-state index in [0.717, 1.165) is 18.7 Å². The monoisotopic (exact) mass is 273 g/mol. The number of Topliss-reactive ketones (excluding diaryl/α,β-unsaturated/α-hetero) is 1. The van der Waals surface area contributed by atoms with Crippen molar-refractivity contribution >= 4 is 18.2 Å². The molecular formula is C13H17ClFNO2. The zero-order valence-corrected chi connectivity index (χ0v) is 10.9. The molecule has 0 saturated carbocycles. The van der Waals surface area contributed by atoms with Gasteiger partial charge in [0, 0.05) is 19.5 Å². The van der Waals surface area contributed by atoms with Gasteiger partial charge in [0.25, 0.3) is 0 Å². The van der Waals surface area contributed by atoms with Gasteiger partial charge < -0.3 is 4.74 Å². The Balaban J connectivity index is 0.00000162. The molecule has 0 atom stereocenters. The molecule has 0 radical (unpaired) electrons. The van der Waals surface area contributed by atoms with Crippen molar-refractivity contribution < 1.29 is 13.9 Å². The van der Waals surface area contributed by atoms with E-state index in [1.165, 1.54) is 12.1 Å². The highest BCUT2D eigenvalue weighted by atomic mass is 35.5. The predicted molar refractivity (Wildman–Crippen MR) is 69.6 cm³/mol. The number of carbonyl (C=O) groups excluding carboxylic acids is 1. The lowest BCUT2D eigenvalue weighted by Gasteiger charge is -2.25. The Morgan fingerprint density at radius 1 is 1.22 bits per heavy atom. The normalized spacial score (nSPS) is 16.1. The zero-order valence-electron chi connectivity index (χ0n) is 10.1. The summed E-state index contributed by atoms with van der Waals surface area (Å²) < 4.78 is 17.9. The Kier molecular flexibility index (Phi) is 6.25. The fourth-order valence-corrected chi connectivity index (χ4v) is 1.89. The van der Waals surface area contributed by atoms with Gasteiger partial charge in [-0.1, -0.05) is 12.1 Å². The lowest BCUT2D eigenvalue weighted by atomic mass is 10.1. The number of rotatable bonds is 4. The van der Waals surface area contributed by atoms with Crippen LogP contribution in [-0.4, -0.2) is 43.5 Å². The Hall–Kier alpha value is -0.970. The summed E-state index contributed by atoms with van der Waals surface area (Å²) in [5.74, 6) is -0.104. The molecule has 0 amide bonds. The summed E-state index contributed by atoms with van der Waals surface area (Å²) in [6.45, 7) is 3.48. The van der Waals surface area contributed by atoms with E-state index in [-0.39, 0.29) is 24.0 Å². The number of ketones is 1. The first-order valence-corrected chi connectivity index (χ1v) is 5.80. The van der Waals surface area contributed by atoms with Crippen LogP contribution in [0.3, 0.4) is 0 Å². The molecule has 1 heterocycles. The molecule has 0 N–H and O–H groups in total. The highest BCUT2D eigenvalue weighted by molar-refractivity contribution is 5.85. The third kappa shape index (κ3) is 4.72. The molecule has 1 aliphatic rings. The average molecular weight is 274 g/mol. The second kappa shape index (κ2) is 7.46. The van der Waals surface area contributed by atoms with E-state index in [0.29, 0.717) is 26.2 Å². The largest absolute Gasteiger partial charge is 0.379 e. The second-order valence-corrected chi connectivity index (χ2v) is 4.23. The smallest absolute Gasteiger partial charge is 0.151 e. The molecule has 3 nitrogen and oxygen atoms in total. The van der Waals surface area contributed by atoms with Crippen molar-refractivity contribution in [3.8, 4) is 0 Å². The summed E-state index contributed by atoms with van der Waals surface area (Å²) in [7, 11) is 0. The molecule has 5 heteroatoms. The van der Waals surface area contributed by atoms with Crippen LogP contribution >= 0.6 is 12.4 Å². The van der Waals surface area contributed by atoms with Crippen LogP contribution in [0.4, 0.5) is 4.39 Å². The summed E-state index contributed by atoms with van der Waals surface area (Å²) in [6.07, 6.45) is 0.373. The van der Waals surface area contributed by atoms with Gasteiger partial charge in [-0.25, -0.2) is 4.39 Å². The van der Waals surface area contributed by atoms with Crippen molar-refractivity contribution in [1.29, 1.82) is 0 Å². The predicted octanol–water partition coefficient (Wildman–Crippen LogP) is 1.69. The summed E-state index contributed by atoms with van der Waals surface area (Å²) in [4.78, 5) is 13.9. The number of nitrogens with zero attached hydrogens (tertiary/aromatic N) is 1. The van der Waals surface area contributed by atoms with Gasteiger partial charge in [-0.3, -0.25) is 9.69 Å². The summed E-state index contributed by atoms with van der Waals surface area (Å²) in [5.41, 5.74) is 0.865. The van der Waals surface area contributed by atoms with Crippen molar-refractivity contribution in [3.63, 3.8) is 0 Å². The molecule has 18 heavy (non-hydrogen) atoms. The molecule has 1 aromatic rings. The van der Waals surface area contributed by atoms with Gasteiger partial charge in [0.1, 0.15) is 5.82 Å². The van der Waals surface area contributed by atoms with Gasteiger partial charge in [-0.05, 0) is 17.7 Å². The topological polar surface area (TPSA) is 29.5 Å². The van der Waals surface area contributed by atoms with E-state index >= 15 is 0 Å². The maximum atomic E-state index is 12.7. The minimum Gasteiger partial charge on any atom is -0.379 e. The molecule has 0 aromatic heterocycles. The third-order valence-corrected chi connectivity index (χ3v) is 2.82. The number of halogens is 2. The number of hydrogen-bond donors (Lipinski definition) is 0. The fourth-order valence-electron chi connectivity index (χ4n) is 1.89. The number of ether oxygens (including phenoxy) is 1. The van der Waals surface area contributed by atoms with Crippen molar-refractivity contribution in [2.75, 3.05) is 32.8 Å². The molecule has 0 bridgehead atoms. The van der Waals surface area contributed by atoms with Crippen LogP contribution in [0.5, 0.6) is 0 Å². The van der Waals surface area contributed by atoms with Crippen molar-refractivity contribution in [1.82, 2.24) is 4.90 Å². The Bertz CT molecular complexity index is 377. The lowest BCUT2D eigenvalue weighted by molar-refractivity contribution is -0.120. The number of morpholine rings is 1. The van der Waals surface area contributed by atoms with Crippen LogP contribution in [0.25, 0.3) is 0 Å². The summed E-state index contributed by atoms with van der Waals surface area (Å²) >= 11 is 0. The second-order valence-electron chi connectivity index (χ2n) is 4.23. The quantitative estimate of drug-likeness (QED) is 0.836. The van der Waals surface area contributed by atoms with Crippen molar-refractivity contribution in [2.45, 2.75) is 6.42 Å². The van der Waals surface area contributed by atoms with Crippen LogP contribution in [0.2, 0.25) is 0 Å². The molecule has 1 saturated heterocycles. The van der Waals surface area contributed by atoms with Crippen molar-refractivity contribution in [2.24, 2.45) is 0 Å². The summed E-state index contributed by atoms with van der Waals surface area (Å²) in [6, 6.07) is 6.09. The van der Waals surface area contributed by atoms with Gasteiger partial charge in [0.05, 0.1) is 19.8 Å². The van der Waals surface area contributed by atoms with E-state index in [1.54, 1.807) is 12.1 Å². The first-order chi connectivity index (χ1) is 8.24. The van der Waals surface area contributed by atoms with Crippen LogP contribution in [-0.2, 0) is 16.0 Å². The molecule has 0 spiro atoms. The van der Waals surface area contributed by atoms with Crippen LogP contribution in [0, 0.1) is 5.82 Å². The molecule has 2 rings (SSSR count). The number of hydrogen-bond acceptors (Lipinski definition) is 3. The maximum absolute atomic E-state index is 12.7. The Morgan fingerprint density at radius 2 is 1.83 bits per heavy atom. The standard InChI is InChI=1S/C13H16FNO2.ClH/c14-12-3-1-11(2-4-12)9-13(16)10-15-5-7-17-8-6-15;/h1-4H,5-10H2;1H. The van der Waals surface area contributed by atoms with E-state index in [9.17, 15) is 9.18 Å². The van der Waals surface area contributed by atoms with Crippen LogP contribution < -0.4 is 0 Å². The molecule has 100 valence electrons. The van der Waals surface area contributed by atoms with Gasteiger partial charge in [-0.15, -0.1) is 12.4 Å². The highest BCUT2D eigenvalue weighted by Gasteiger charge is 2.14. The van der Waals surface area contributed by atoms with Crippen LogP contribution in [0.1, 0.15) is 5.56 Å². The molecule has 0 unspecified atom stereocenters. The molecular weight excluding hydrogens is 257 g/mol. The minimum absolute atomic E-state index is 0. The van der Waals surface area contributed by atoms with Gasteiger partial charge in [0.2, 0.25) is 0 Å². The molecule has 1 aliphatic heterocycles. The van der Waals surface area contributed by atoms with Gasteiger partial charge in [-0.2, -0.15) is 0 Å². The van der Waals surface area contributed by atoms with Gasteiger partial charge in [0.15, 0.2) is 5.78 Å². The van der Waals surface area contributed by atoms with E-state index in [2.05, 4.69) is 4.90 Å². The van der Waals surface area contributed by atoms with Gasteiger partial charge >= 0.3 is 0 Å². The van der Waals surface area contributed by atoms with Crippen LogP contribution in [0.15, 0.2) is 24.3 Å². The minimum atomic E-state index is -0.269. The number of carbonyl (C=O) groups is 1.